The van der Waals surface area contributed by atoms with Gasteiger partial charge >= 0.3 is 5.97 Å². The first kappa shape index (κ1) is 20.0. The molecule has 2 N–H and O–H groups in total. The van der Waals surface area contributed by atoms with E-state index in [2.05, 4.69) is 5.32 Å². The third-order valence-electron chi connectivity index (χ3n) is 4.97. The van der Waals surface area contributed by atoms with Crippen molar-refractivity contribution in [2.45, 2.75) is 20.4 Å². The summed E-state index contributed by atoms with van der Waals surface area (Å²) in [7, 11) is 0. The molecule has 1 fully saturated rings. The van der Waals surface area contributed by atoms with Crippen molar-refractivity contribution in [3.05, 3.63) is 64.7 Å². The summed E-state index contributed by atoms with van der Waals surface area (Å²) in [5.41, 5.74) is 4.55. The molecule has 6 nitrogen and oxygen atoms in total. The molecule has 0 aliphatic carbocycles. The Kier molecular flexibility index (Phi) is 6.79. The Hall–Kier alpha value is -2.70. The summed E-state index contributed by atoms with van der Waals surface area (Å²) in [5, 5.41) is 2.74. The first-order valence-electron chi connectivity index (χ1n) is 9.56. The summed E-state index contributed by atoms with van der Waals surface area (Å²) in [6, 6.07) is 13.0. The number of esters is 1. The van der Waals surface area contributed by atoms with Gasteiger partial charge in [0, 0.05) is 11.3 Å². The Balaban J connectivity index is 1.47. The van der Waals surface area contributed by atoms with Crippen molar-refractivity contribution in [1.29, 1.82) is 0 Å². The number of anilines is 1. The maximum atomic E-state index is 12.2. The summed E-state index contributed by atoms with van der Waals surface area (Å²) in [6.07, 6.45) is 0. The smallest absolute Gasteiger partial charge is 0.338 e. The Morgan fingerprint density at radius 3 is 2.43 bits per heavy atom. The number of ether oxygens (including phenoxy) is 2. The normalized spacial score (nSPS) is 14.5. The molecule has 0 unspecified atom stereocenters. The lowest BCUT2D eigenvalue weighted by molar-refractivity contribution is -0.921. The predicted octanol–water partition coefficient (Wildman–Crippen LogP) is 1.51. The topological polar surface area (TPSA) is 69.1 Å². The minimum Gasteiger partial charge on any atom is -0.452 e. The largest absolute Gasteiger partial charge is 0.452 e. The fourth-order valence-electron chi connectivity index (χ4n) is 3.11. The second-order valence-electron chi connectivity index (χ2n) is 7.16. The molecule has 1 amide bonds. The number of rotatable bonds is 6. The minimum atomic E-state index is -0.500. The van der Waals surface area contributed by atoms with Gasteiger partial charge in [-0.25, -0.2) is 4.79 Å². The first-order chi connectivity index (χ1) is 13.5. The number of amides is 1. The number of carbonyl (C=O) groups is 2. The minimum absolute atomic E-state index is 0.314. The molecular weight excluding hydrogens is 356 g/mol. The van der Waals surface area contributed by atoms with Crippen LogP contribution in [-0.2, 0) is 20.8 Å². The van der Waals surface area contributed by atoms with E-state index in [0.29, 0.717) is 11.3 Å². The van der Waals surface area contributed by atoms with Crippen molar-refractivity contribution in [3.8, 4) is 0 Å². The average Bonchev–Trinajstić information content (AvgIpc) is 2.70. The number of morpholine rings is 1. The Morgan fingerprint density at radius 2 is 1.75 bits per heavy atom. The zero-order valence-corrected chi connectivity index (χ0v) is 16.4. The number of nitrogens with one attached hydrogen (secondary N) is 2. The number of quaternary nitrogens is 1. The molecule has 0 atom stereocenters. The SMILES string of the molecule is Cc1ccc(NC(=O)COC(=O)c2ccc(C[NH+]3CCOCC3)cc2)cc1C. The molecule has 0 aromatic heterocycles. The van der Waals surface area contributed by atoms with E-state index in [1.165, 1.54) is 10.5 Å². The molecular formula is C22H27N2O4+. The highest BCUT2D eigenvalue weighted by atomic mass is 16.5. The molecule has 2 aromatic rings. The summed E-state index contributed by atoms with van der Waals surface area (Å²) in [4.78, 5) is 25.7. The molecule has 148 valence electrons. The summed E-state index contributed by atoms with van der Waals surface area (Å²) >= 11 is 0. The van der Waals surface area contributed by atoms with Gasteiger partial charge < -0.3 is 19.7 Å². The van der Waals surface area contributed by atoms with Crippen LogP contribution in [0, 0.1) is 13.8 Å². The van der Waals surface area contributed by atoms with Gasteiger partial charge in [-0.2, -0.15) is 0 Å². The average molecular weight is 383 g/mol. The fraction of sp³-hybridized carbons (Fsp3) is 0.364. The molecule has 1 saturated heterocycles. The quantitative estimate of drug-likeness (QED) is 0.742. The molecule has 6 heteroatoms. The van der Waals surface area contributed by atoms with Crippen molar-refractivity contribution in [2.75, 3.05) is 38.2 Å². The Labute approximate surface area is 165 Å². The lowest BCUT2D eigenvalue weighted by atomic mass is 10.1. The Morgan fingerprint density at radius 1 is 1.04 bits per heavy atom. The fourth-order valence-corrected chi connectivity index (χ4v) is 3.11. The van der Waals surface area contributed by atoms with E-state index in [9.17, 15) is 9.59 Å². The number of aryl methyl sites for hydroxylation is 2. The van der Waals surface area contributed by atoms with Crippen molar-refractivity contribution >= 4 is 17.6 Å². The van der Waals surface area contributed by atoms with Crippen LogP contribution in [0.1, 0.15) is 27.0 Å². The molecule has 1 aliphatic heterocycles. The molecule has 0 spiro atoms. The van der Waals surface area contributed by atoms with Crippen LogP contribution in [-0.4, -0.2) is 44.8 Å². The maximum Gasteiger partial charge on any atom is 0.338 e. The van der Waals surface area contributed by atoms with Crippen LogP contribution in [0.5, 0.6) is 0 Å². The molecule has 1 aliphatic rings. The van der Waals surface area contributed by atoms with Crippen LogP contribution in [0.3, 0.4) is 0 Å². The van der Waals surface area contributed by atoms with Gasteiger partial charge in [-0.15, -0.1) is 0 Å². The van der Waals surface area contributed by atoms with E-state index in [-0.39, 0.29) is 12.5 Å². The maximum absolute atomic E-state index is 12.2. The van der Waals surface area contributed by atoms with E-state index in [1.807, 2.05) is 44.2 Å². The van der Waals surface area contributed by atoms with Crippen molar-refractivity contribution < 1.29 is 24.0 Å². The Bertz CT molecular complexity index is 827. The van der Waals surface area contributed by atoms with Gasteiger partial charge in [-0.1, -0.05) is 18.2 Å². The second kappa shape index (κ2) is 9.48. The van der Waals surface area contributed by atoms with Gasteiger partial charge in [0.1, 0.15) is 19.6 Å². The monoisotopic (exact) mass is 383 g/mol. The summed E-state index contributed by atoms with van der Waals surface area (Å²) in [5.74, 6) is -0.857. The second-order valence-corrected chi connectivity index (χ2v) is 7.16. The number of carbonyl (C=O) groups excluding carboxylic acids is 2. The van der Waals surface area contributed by atoms with E-state index in [0.717, 1.165) is 44.0 Å². The molecule has 0 bridgehead atoms. The van der Waals surface area contributed by atoms with E-state index in [1.54, 1.807) is 12.1 Å². The van der Waals surface area contributed by atoms with Crippen LogP contribution in [0.2, 0.25) is 0 Å². The molecule has 28 heavy (non-hydrogen) atoms. The third-order valence-corrected chi connectivity index (χ3v) is 4.97. The van der Waals surface area contributed by atoms with Crippen molar-refractivity contribution in [3.63, 3.8) is 0 Å². The highest BCUT2D eigenvalue weighted by Gasteiger charge is 2.15. The highest BCUT2D eigenvalue weighted by molar-refractivity contribution is 5.95. The van der Waals surface area contributed by atoms with Crippen LogP contribution in [0.25, 0.3) is 0 Å². The van der Waals surface area contributed by atoms with Crippen LogP contribution in [0.15, 0.2) is 42.5 Å². The third kappa shape index (κ3) is 5.65. The van der Waals surface area contributed by atoms with Crippen molar-refractivity contribution in [1.82, 2.24) is 0 Å². The molecule has 2 aromatic carbocycles. The first-order valence-corrected chi connectivity index (χ1v) is 9.56. The van der Waals surface area contributed by atoms with Crippen LogP contribution < -0.4 is 10.2 Å². The van der Waals surface area contributed by atoms with Gasteiger partial charge in [0.25, 0.3) is 5.91 Å². The van der Waals surface area contributed by atoms with Crippen molar-refractivity contribution in [2.24, 2.45) is 0 Å². The van der Waals surface area contributed by atoms with Gasteiger partial charge in [0.2, 0.25) is 0 Å². The van der Waals surface area contributed by atoms with Crippen LogP contribution in [0.4, 0.5) is 5.69 Å². The molecule has 1 heterocycles. The summed E-state index contributed by atoms with van der Waals surface area (Å²) < 4.78 is 10.5. The van der Waals surface area contributed by atoms with Gasteiger partial charge in [0.15, 0.2) is 6.61 Å². The zero-order valence-electron chi connectivity index (χ0n) is 16.4. The van der Waals surface area contributed by atoms with E-state index < -0.39 is 5.97 Å². The van der Waals surface area contributed by atoms with E-state index >= 15 is 0 Å². The predicted molar refractivity (Wildman–Crippen MR) is 106 cm³/mol. The van der Waals surface area contributed by atoms with Crippen LogP contribution >= 0.6 is 0 Å². The summed E-state index contributed by atoms with van der Waals surface area (Å²) in [6.45, 7) is 8.18. The molecule has 0 radical (unpaired) electrons. The number of benzene rings is 2. The van der Waals surface area contributed by atoms with Gasteiger partial charge in [-0.3, -0.25) is 4.79 Å². The van der Waals surface area contributed by atoms with Gasteiger partial charge in [-0.05, 0) is 49.2 Å². The standard InChI is InChI=1S/C22H26N2O4/c1-16-3-8-20(13-17(16)2)23-21(25)15-28-22(26)19-6-4-18(5-7-19)14-24-9-11-27-12-10-24/h3-8,13H,9-12,14-15H2,1-2H3,(H,23,25)/p+1. The van der Waals surface area contributed by atoms with Gasteiger partial charge in [0.05, 0.1) is 18.8 Å². The number of hydrogen-bond acceptors (Lipinski definition) is 4. The molecule has 3 rings (SSSR count). The molecule has 0 saturated carbocycles. The number of hydrogen-bond donors (Lipinski definition) is 2. The highest BCUT2D eigenvalue weighted by Crippen LogP contribution is 2.14. The lowest BCUT2D eigenvalue weighted by Gasteiger charge is -2.23. The zero-order chi connectivity index (χ0) is 19.9. The lowest BCUT2D eigenvalue weighted by Crippen LogP contribution is -3.12. The van der Waals surface area contributed by atoms with E-state index in [4.69, 9.17) is 9.47 Å².